The smallest absolute Gasteiger partial charge is 0.220 e. The van der Waals surface area contributed by atoms with Crippen LogP contribution in [0.5, 0.6) is 11.5 Å². The van der Waals surface area contributed by atoms with Gasteiger partial charge in [-0.25, -0.2) is 0 Å². The lowest BCUT2D eigenvalue weighted by molar-refractivity contribution is -0.121. The van der Waals surface area contributed by atoms with Crippen LogP contribution in [0.4, 0.5) is 0 Å². The van der Waals surface area contributed by atoms with Gasteiger partial charge in [0.25, 0.3) is 0 Å². The Morgan fingerprint density at radius 2 is 1.74 bits per heavy atom. The van der Waals surface area contributed by atoms with Crippen molar-refractivity contribution in [3.63, 3.8) is 0 Å². The molecule has 1 aliphatic carbocycles. The molecule has 144 valence electrons. The lowest BCUT2D eigenvalue weighted by Gasteiger charge is -2.20. The van der Waals surface area contributed by atoms with Crippen LogP contribution < -0.4 is 14.8 Å². The van der Waals surface area contributed by atoms with E-state index in [1.54, 1.807) is 14.2 Å². The molecule has 27 heavy (non-hydrogen) atoms. The molecule has 0 saturated carbocycles. The molecule has 1 N–H and O–H groups in total. The quantitative estimate of drug-likeness (QED) is 0.789. The van der Waals surface area contributed by atoms with E-state index in [9.17, 15) is 4.79 Å². The third-order valence-electron chi connectivity index (χ3n) is 5.34. The minimum Gasteiger partial charge on any atom is -0.493 e. The van der Waals surface area contributed by atoms with Gasteiger partial charge in [0.2, 0.25) is 5.91 Å². The van der Waals surface area contributed by atoms with E-state index in [0.29, 0.717) is 24.3 Å². The minimum absolute atomic E-state index is 0.0233. The van der Waals surface area contributed by atoms with E-state index in [-0.39, 0.29) is 11.9 Å². The first-order valence-corrected chi connectivity index (χ1v) is 9.72. The van der Waals surface area contributed by atoms with Gasteiger partial charge in [-0.15, -0.1) is 0 Å². The van der Waals surface area contributed by atoms with Crippen molar-refractivity contribution in [1.82, 2.24) is 5.32 Å². The van der Waals surface area contributed by atoms with Crippen molar-refractivity contribution in [2.24, 2.45) is 0 Å². The molecule has 0 aromatic heterocycles. The summed E-state index contributed by atoms with van der Waals surface area (Å²) in [5, 5.41) is 3.13. The fourth-order valence-electron chi connectivity index (χ4n) is 3.71. The van der Waals surface area contributed by atoms with Crippen LogP contribution in [0.2, 0.25) is 0 Å². The third-order valence-corrected chi connectivity index (χ3v) is 5.34. The van der Waals surface area contributed by atoms with Crippen LogP contribution in [-0.4, -0.2) is 20.1 Å². The maximum absolute atomic E-state index is 12.4. The maximum Gasteiger partial charge on any atom is 0.220 e. The van der Waals surface area contributed by atoms with Crippen LogP contribution in [0, 0.1) is 0 Å². The Hall–Kier alpha value is -2.49. The molecular weight excluding hydrogens is 338 g/mol. The SMILES string of the molecule is COc1ccc(CCC(=O)NC(C)c2ccc3c(c2)CCCC3)cc1OC. The van der Waals surface area contributed by atoms with Crippen molar-refractivity contribution >= 4 is 5.91 Å². The highest BCUT2D eigenvalue weighted by molar-refractivity contribution is 5.76. The summed E-state index contributed by atoms with van der Waals surface area (Å²) < 4.78 is 10.6. The lowest BCUT2D eigenvalue weighted by Crippen LogP contribution is -2.27. The number of fused-ring (bicyclic) bond motifs is 1. The lowest BCUT2D eigenvalue weighted by atomic mass is 9.89. The number of rotatable bonds is 7. The monoisotopic (exact) mass is 367 g/mol. The molecule has 0 aliphatic heterocycles. The summed E-state index contributed by atoms with van der Waals surface area (Å²) in [6.45, 7) is 2.05. The van der Waals surface area contributed by atoms with Gasteiger partial charge in [0, 0.05) is 6.42 Å². The molecule has 3 rings (SSSR count). The van der Waals surface area contributed by atoms with Gasteiger partial charge in [0.1, 0.15) is 0 Å². The van der Waals surface area contributed by atoms with Gasteiger partial charge >= 0.3 is 0 Å². The Kier molecular flexibility index (Phi) is 6.38. The van der Waals surface area contributed by atoms with Crippen molar-refractivity contribution in [3.8, 4) is 11.5 Å². The first kappa shape index (κ1) is 19.3. The number of benzene rings is 2. The first-order chi connectivity index (χ1) is 13.1. The molecule has 1 unspecified atom stereocenters. The Morgan fingerprint density at radius 1 is 1.00 bits per heavy atom. The van der Waals surface area contributed by atoms with Crippen LogP contribution in [0.25, 0.3) is 0 Å². The number of aryl methyl sites for hydroxylation is 3. The highest BCUT2D eigenvalue weighted by atomic mass is 16.5. The van der Waals surface area contributed by atoms with Crippen molar-refractivity contribution in [2.45, 2.75) is 51.5 Å². The zero-order chi connectivity index (χ0) is 19.2. The van der Waals surface area contributed by atoms with E-state index in [1.165, 1.54) is 36.0 Å². The summed E-state index contributed by atoms with van der Waals surface area (Å²) in [4.78, 5) is 12.4. The van der Waals surface area contributed by atoms with Crippen LogP contribution >= 0.6 is 0 Å². The summed E-state index contributed by atoms with van der Waals surface area (Å²) in [5.41, 5.74) is 5.17. The van der Waals surface area contributed by atoms with Gasteiger partial charge in [0.15, 0.2) is 11.5 Å². The predicted molar refractivity (Wildman–Crippen MR) is 108 cm³/mol. The molecule has 2 aromatic carbocycles. The van der Waals surface area contributed by atoms with E-state index >= 15 is 0 Å². The molecular formula is C23H29NO3. The van der Waals surface area contributed by atoms with Gasteiger partial charge in [-0.05, 0) is 73.4 Å². The summed E-state index contributed by atoms with van der Waals surface area (Å²) in [6, 6.07) is 12.5. The number of nitrogens with one attached hydrogen (secondary N) is 1. The molecule has 1 atom stereocenters. The van der Waals surface area contributed by atoms with Crippen LogP contribution in [-0.2, 0) is 24.1 Å². The Bertz CT molecular complexity index is 800. The van der Waals surface area contributed by atoms with Gasteiger partial charge in [-0.2, -0.15) is 0 Å². The van der Waals surface area contributed by atoms with Gasteiger partial charge in [-0.3, -0.25) is 4.79 Å². The zero-order valence-electron chi connectivity index (χ0n) is 16.5. The molecule has 4 nitrogen and oxygen atoms in total. The second-order valence-corrected chi connectivity index (χ2v) is 7.21. The molecule has 1 amide bonds. The van der Waals surface area contributed by atoms with E-state index in [4.69, 9.17) is 9.47 Å². The number of methoxy groups -OCH3 is 2. The number of carbonyl (C=O) groups is 1. The molecule has 0 heterocycles. The minimum atomic E-state index is 0.0233. The molecule has 4 heteroatoms. The van der Waals surface area contributed by atoms with Crippen molar-refractivity contribution < 1.29 is 14.3 Å². The average molecular weight is 367 g/mol. The number of carbonyl (C=O) groups excluding carboxylic acids is 1. The topological polar surface area (TPSA) is 47.6 Å². The average Bonchev–Trinajstić information content (AvgIpc) is 2.71. The second kappa shape index (κ2) is 8.94. The fraction of sp³-hybridized carbons (Fsp3) is 0.435. The Labute approximate surface area is 161 Å². The van der Waals surface area contributed by atoms with Crippen LogP contribution in [0.15, 0.2) is 36.4 Å². The molecule has 0 radical (unpaired) electrons. The zero-order valence-corrected chi connectivity index (χ0v) is 16.5. The van der Waals surface area contributed by atoms with E-state index in [1.807, 2.05) is 18.2 Å². The summed E-state index contributed by atoms with van der Waals surface area (Å²) in [5.74, 6) is 1.46. The molecule has 0 spiro atoms. The first-order valence-electron chi connectivity index (χ1n) is 9.72. The Morgan fingerprint density at radius 3 is 2.48 bits per heavy atom. The largest absolute Gasteiger partial charge is 0.493 e. The standard InChI is InChI=1S/C23H29NO3/c1-16(19-11-10-18-6-4-5-7-20(18)15-19)24-23(25)13-9-17-8-12-21(26-2)22(14-17)27-3/h8,10-12,14-16H,4-7,9,13H2,1-3H3,(H,24,25). The highest BCUT2D eigenvalue weighted by Gasteiger charge is 2.14. The molecule has 0 fully saturated rings. The number of amides is 1. The predicted octanol–water partition coefficient (Wildman–Crippen LogP) is 4.39. The van der Waals surface area contributed by atoms with Gasteiger partial charge in [-0.1, -0.05) is 24.3 Å². The number of ether oxygens (including phenoxy) is 2. The van der Waals surface area contributed by atoms with Gasteiger partial charge in [0.05, 0.1) is 20.3 Å². The fourth-order valence-corrected chi connectivity index (χ4v) is 3.71. The van der Waals surface area contributed by atoms with Crippen LogP contribution in [0.3, 0.4) is 0 Å². The Balaban J connectivity index is 1.56. The van der Waals surface area contributed by atoms with E-state index in [2.05, 4.69) is 30.4 Å². The van der Waals surface area contributed by atoms with Crippen molar-refractivity contribution in [2.75, 3.05) is 14.2 Å². The highest BCUT2D eigenvalue weighted by Crippen LogP contribution is 2.28. The van der Waals surface area contributed by atoms with Gasteiger partial charge < -0.3 is 14.8 Å². The van der Waals surface area contributed by atoms with Crippen molar-refractivity contribution in [3.05, 3.63) is 58.7 Å². The molecule has 0 bridgehead atoms. The molecule has 2 aromatic rings. The summed E-state index contributed by atoms with van der Waals surface area (Å²) >= 11 is 0. The molecule has 1 aliphatic rings. The van der Waals surface area contributed by atoms with Crippen LogP contribution in [0.1, 0.15) is 54.5 Å². The summed E-state index contributed by atoms with van der Waals surface area (Å²) in [6.07, 6.45) is 6.01. The van der Waals surface area contributed by atoms with Crippen molar-refractivity contribution in [1.29, 1.82) is 0 Å². The number of hydrogen-bond acceptors (Lipinski definition) is 3. The summed E-state index contributed by atoms with van der Waals surface area (Å²) in [7, 11) is 3.24. The normalized spacial score (nSPS) is 14.2. The van der Waals surface area contributed by atoms with E-state index in [0.717, 1.165) is 12.0 Å². The van der Waals surface area contributed by atoms with E-state index < -0.39 is 0 Å². The molecule has 0 saturated heterocycles. The third kappa shape index (κ3) is 4.82. The second-order valence-electron chi connectivity index (χ2n) is 7.21. The number of hydrogen-bond donors (Lipinski definition) is 1. The maximum atomic E-state index is 12.4.